The van der Waals surface area contributed by atoms with Crippen LogP contribution < -0.4 is 5.32 Å². The Morgan fingerprint density at radius 2 is 0.758 bits per heavy atom. The molecule has 526 valence electrons. The van der Waals surface area contributed by atoms with Crippen LogP contribution in [0.25, 0.3) is 0 Å². The first-order valence-corrected chi connectivity index (χ1v) is 37.0. The number of hydrogen-bond donors (Lipinski definition) is 9. The van der Waals surface area contributed by atoms with Crippen LogP contribution in [0.4, 0.5) is 0 Å². The summed E-state index contributed by atoms with van der Waals surface area (Å²) in [6.45, 7) is 2.70. The zero-order valence-electron chi connectivity index (χ0n) is 57.3. The summed E-state index contributed by atoms with van der Waals surface area (Å²) in [5.74, 6) is -0.238. The third-order valence-corrected chi connectivity index (χ3v) is 17.5. The van der Waals surface area contributed by atoms with Gasteiger partial charge in [0.15, 0.2) is 12.6 Å². The van der Waals surface area contributed by atoms with E-state index in [9.17, 15) is 45.6 Å². The lowest BCUT2D eigenvalue weighted by molar-refractivity contribution is -0.359. The second-order valence-corrected chi connectivity index (χ2v) is 25.7. The number of carbonyl (C=O) groups excluding carboxylic acids is 1. The van der Waals surface area contributed by atoms with Crippen LogP contribution in [0.1, 0.15) is 290 Å². The standard InChI is InChI=1S/C77H135NO13/c1-3-5-7-9-11-13-15-17-19-21-22-23-24-25-26-27-28-29-30-31-32-33-34-35-36-37-38-39-40-41-42-43-44-45-47-49-51-53-55-57-59-61-69(82)78-65(66(81)60-58-56-54-52-50-48-46-20-18-16-14-12-10-8-6-4-2)64-88-76-74(87)72(85)75(68(63-80)90-76)91-77-73(86)71(84)70(83)67(62-79)89-77/h5,7,11,13,17,19,22-23,25-26,28-29,31-32,58,60,65-68,70-77,79-81,83-87H,3-4,6,8-10,12,14-16,18,20-21,24,27,30,33-57,59,61-64H2,1-2H3,(H,78,82)/b7-5-,13-11-,19-17-,23-22-,26-25-,29-28-,32-31-,60-58+. The second kappa shape index (κ2) is 60.6. The van der Waals surface area contributed by atoms with Gasteiger partial charge in [-0.25, -0.2) is 0 Å². The normalized spacial score (nSPS) is 23.4. The molecule has 0 aromatic rings. The number of hydrogen-bond acceptors (Lipinski definition) is 13. The van der Waals surface area contributed by atoms with Gasteiger partial charge in [0.05, 0.1) is 32.0 Å². The predicted molar refractivity (Wildman–Crippen MR) is 373 cm³/mol. The van der Waals surface area contributed by atoms with E-state index >= 15 is 0 Å². The van der Waals surface area contributed by atoms with Crippen LogP contribution in [0.2, 0.25) is 0 Å². The van der Waals surface area contributed by atoms with Gasteiger partial charge in [-0.15, -0.1) is 0 Å². The second-order valence-electron chi connectivity index (χ2n) is 25.7. The van der Waals surface area contributed by atoms with E-state index in [2.05, 4.69) is 104 Å². The van der Waals surface area contributed by atoms with Gasteiger partial charge in [0.1, 0.15) is 48.8 Å². The molecule has 2 saturated heterocycles. The Morgan fingerprint density at radius 3 is 1.16 bits per heavy atom. The predicted octanol–water partition coefficient (Wildman–Crippen LogP) is 15.7. The molecule has 2 rings (SSSR count). The van der Waals surface area contributed by atoms with E-state index in [1.807, 2.05) is 6.08 Å². The van der Waals surface area contributed by atoms with E-state index in [0.29, 0.717) is 6.42 Å². The molecule has 14 nitrogen and oxygen atoms in total. The lowest BCUT2D eigenvalue weighted by Gasteiger charge is -2.46. The summed E-state index contributed by atoms with van der Waals surface area (Å²) in [5.41, 5.74) is 0. The van der Waals surface area contributed by atoms with Gasteiger partial charge in [0, 0.05) is 6.42 Å². The van der Waals surface area contributed by atoms with Crippen molar-refractivity contribution in [3.05, 3.63) is 97.2 Å². The topological polar surface area (TPSA) is 228 Å². The quantitative estimate of drug-likeness (QED) is 0.0204. The highest BCUT2D eigenvalue weighted by atomic mass is 16.7. The summed E-state index contributed by atoms with van der Waals surface area (Å²) >= 11 is 0. The van der Waals surface area contributed by atoms with Crippen molar-refractivity contribution in [1.29, 1.82) is 0 Å². The maximum atomic E-state index is 13.3. The molecule has 0 aromatic carbocycles. The highest BCUT2D eigenvalue weighted by molar-refractivity contribution is 5.76. The average molecular weight is 1280 g/mol. The van der Waals surface area contributed by atoms with Crippen molar-refractivity contribution >= 4 is 5.91 Å². The average Bonchev–Trinajstić information content (AvgIpc) is 1.24. The molecule has 0 bridgehead atoms. The molecule has 12 unspecified atom stereocenters. The van der Waals surface area contributed by atoms with Crippen LogP contribution in [0, 0.1) is 0 Å². The molecule has 0 aromatic heterocycles. The number of amides is 1. The van der Waals surface area contributed by atoms with Crippen molar-refractivity contribution in [2.45, 2.75) is 364 Å². The number of rotatable bonds is 60. The Morgan fingerprint density at radius 1 is 0.407 bits per heavy atom. The number of allylic oxidation sites excluding steroid dienone is 15. The number of carbonyl (C=O) groups is 1. The molecule has 2 fully saturated rings. The fourth-order valence-corrected chi connectivity index (χ4v) is 11.7. The zero-order chi connectivity index (χ0) is 65.9. The van der Waals surface area contributed by atoms with Gasteiger partial charge in [-0.1, -0.05) is 304 Å². The van der Waals surface area contributed by atoms with Gasteiger partial charge < -0.3 is 65.1 Å². The van der Waals surface area contributed by atoms with E-state index < -0.39 is 86.8 Å². The Hall–Kier alpha value is -3.09. The molecule has 0 radical (unpaired) electrons. The molecule has 12 atom stereocenters. The molecular formula is C77H135NO13. The summed E-state index contributed by atoms with van der Waals surface area (Å²) in [7, 11) is 0. The van der Waals surface area contributed by atoms with Crippen molar-refractivity contribution in [2.75, 3.05) is 19.8 Å². The largest absolute Gasteiger partial charge is 0.394 e. The number of unbranched alkanes of at least 4 members (excludes halogenated alkanes) is 33. The maximum absolute atomic E-state index is 13.3. The van der Waals surface area contributed by atoms with Gasteiger partial charge in [-0.05, 0) is 77.0 Å². The summed E-state index contributed by atoms with van der Waals surface area (Å²) in [6, 6.07) is -0.917. The number of nitrogens with one attached hydrogen (secondary N) is 1. The van der Waals surface area contributed by atoms with Crippen LogP contribution in [0.15, 0.2) is 97.2 Å². The molecule has 0 saturated carbocycles. The summed E-state index contributed by atoms with van der Waals surface area (Å²) < 4.78 is 22.8. The molecule has 91 heavy (non-hydrogen) atoms. The molecule has 2 aliphatic rings. The number of aliphatic hydroxyl groups is 8. The smallest absolute Gasteiger partial charge is 0.220 e. The fourth-order valence-electron chi connectivity index (χ4n) is 11.7. The minimum Gasteiger partial charge on any atom is -0.394 e. The maximum Gasteiger partial charge on any atom is 0.220 e. The Bertz CT molecular complexity index is 1900. The first kappa shape index (κ1) is 84.0. The lowest BCUT2D eigenvalue weighted by atomic mass is 9.97. The molecule has 1 amide bonds. The first-order valence-electron chi connectivity index (χ1n) is 37.0. The van der Waals surface area contributed by atoms with Gasteiger partial charge in [0.25, 0.3) is 0 Å². The third kappa shape index (κ3) is 44.3. The lowest BCUT2D eigenvalue weighted by Crippen LogP contribution is -2.65. The number of ether oxygens (including phenoxy) is 4. The van der Waals surface area contributed by atoms with Crippen molar-refractivity contribution in [3.8, 4) is 0 Å². The van der Waals surface area contributed by atoms with Crippen LogP contribution in [-0.4, -0.2) is 140 Å². The Kier molecular flexibility index (Phi) is 55.9. The number of aliphatic hydroxyl groups excluding tert-OH is 8. The molecule has 2 heterocycles. The highest BCUT2D eigenvalue weighted by Crippen LogP contribution is 2.30. The van der Waals surface area contributed by atoms with Gasteiger partial charge in [0.2, 0.25) is 5.91 Å². The van der Waals surface area contributed by atoms with Crippen LogP contribution in [-0.2, 0) is 23.7 Å². The highest BCUT2D eigenvalue weighted by Gasteiger charge is 2.51. The van der Waals surface area contributed by atoms with Gasteiger partial charge in [-0.2, -0.15) is 0 Å². The Labute approximate surface area is 553 Å². The van der Waals surface area contributed by atoms with Crippen molar-refractivity contribution in [1.82, 2.24) is 5.32 Å². The third-order valence-electron chi connectivity index (χ3n) is 17.5. The molecule has 0 aliphatic carbocycles. The van der Waals surface area contributed by atoms with Crippen molar-refractivity contribution < 1.29 is 64.6 Å². The summed E-state index contributed by atoms with van der Waals surface area (Å²) in [6.07, 6.45) is 69.1. The van der Waals surface area contributed by atoms with Crippen LogP contribution >= 0.6 is 0 Å². The van der Waals surface area contributed by atoms with E-state index in [1.54, 1.807) is 6.08 Å². The zero-order valence-corrected chi connectivity index (χ0v) is 57.3. The minimum atomic E-state index is -1.79. The van der Waals surface area contributed by atoms with E-state index in [4.69, 9.17) is 18.9 Å². The van der Waals surface area contributed by atoms with Crippen LogP contribution in [0.3, 0.4) is 0 Å². The van der Waals surface area contributed by atoms with E-state index in [-0.39, 0.29) is 18.9 Å². The van der Waals surface area contributed by atoms with E-state index in [0.717, 1.165) is 83.5 Å². The Balaban J connectivity index is 1.57. The van der Waals surface area contributed by atoms with Gasteiger partial charge in [-0.3, -0.25) is 4.79 Å². The monoisotopic (exact) mass is 1280 g/mol. The molecule has 14 heteroatoms. The SMILES string of the molecule is CC/C=C\C/C=C\C/C=C\C/C=C\C/C=C\C/C=C\C/C=C\CCCCCCCCCCCCCCCCCCCCCC(=O)NC(COC1OC(CO)C(OC2OC(CO)C(O)C(O)C2O)C(O)C1O)C(O)/C=C/CCCCCCCCCCCCCCCC. The van der Waals surface area contributed by atoms with Crippen LogP contribution in [0.5, 0.6) is 0 Å². The fraction of sp³-hybridized carbons (Fsp3) is 0.779. The van der Waals surface area contributed by atoms with Crippen molar-refractivity contribution in [2.24, 2.45) is 0 Å². The summed E-state index contributed by atoms with van der Waals surface area (Å²) in [5, 5.41) is 87.4. The molecule has 9 N–H and O–H groups in total. The van der Waals surface area contributed by atoms with Crippen molar-refractivity contribution in [3.63, 3.8) is 0 Å². The molecule has 2 aliphatic heterocycles. The summed E-state index contributed by atoms with van der Waals surface area (Å²) in [4.78, 5) is 13.3. The van der Waals surface area contributed by atoms with E-state index in [1.165, 1.54) is 180 Å². The molecular weight excluding hydrogens is 1150 g/mol. The first-order chi connectivity index (χ1) is 44.6. The van der Waals surface area contributed by atoms with Gasteiger partial charge >= 0.3 is 0 Å². The molecule has 0 spiro atoms. The minimum absolute atomic E-state index is 0.238.